The first-order chi connectivity index (χ1) is 17.4. The van der Waals surface area contributed by atoms with Gasteiger partial charge in [0.05, 0.1) is 6.04 Å². The Morgan fingerprint density at radius 3 is 2.00 bits per heavy atom. The third-order valence-electron chi connectivity index (χ3n) is 5.45. The van der Waals surface area contributed by atoms with Crippen molar-refractivity contribution in [3.05, 3.63) is 0 Å². The minimum atomic E-state index is -1.17. The SMILES string of the molecule is CSCCC(NC(=O)C(CCCN=C(N)N)NC(=O)C(CC(C)C)NC(=O)C(N)CCCCN)C(=O)O. The van der Waals surface area contributed by atoms with Crippen LogP contribution in [0.2, 0.25) is 0 Å². The number of nitrogens with one attached hydrogen (secondary N) is 3. The summed E-state index contributed by atoms with van der Waals surface area (Å²) in [4.78, 5) is 54.3. The van der Waals surface area contributed by atoms with Crippen LogP contribution in [0.5, 0.6) is 0 Å². The number of hydrogen-bond donors (Lipinski definition) is 8. The first kappa shape index (κ1) is 34.4. The van der Waals surface area contributed by atoms with Crippen molar-refractivity contribution < 1.29 is 24.3 Å². The maximum absolute atomic E-state index is 13.2. The van der Waals surface area contributed by atoms with Crippen molar-refractivity contribution in [2.24, 2.45) is 33.8 Å². The van der Waals surface area contributed by atoms with E-state index < -0.39 is 47.9 Å². The monoisotopic (exact) mass is 546 g/mol. The van der Waals surface area contributed by atoms with Gasteiger partial charge in [0, 0.05) is 6.54 Å². The number of carboxylic acids is 1. The molecule has 0 aliphatic rings. The highest BCUT2D eigenvalue weighted by molar-refractivity contribution is 7.98. The lowest BCUT2D eigenvalue weighted by Gasteiger charge is -2.26. The van der Waals surface area contributed by atoms with Gasteiger partial charge in [0.15, 0.2) is 5.96 Å². The van der Waals surface area contributed by atoms with Crippen LogP contribution in [0.3, 0.4) is 0 Å². The van der Waals surface area contributed by atoms with Gasteiger partial charge in [0.25, 0.3) is 0 Å². The zero-order valence-electron chi connectivity index (χ0n) is 22.2. The van der Waals surface area contributed by atoms with Gasteiger partial charge in [-0.1, -0.05) is 20.3 Å². The van der Waals surface area contributed by atoms with Crippen LogP contribution in [0.4, 0.5) is 0 Å². The summed E-state index contributed by atoms with van der Waals surface area (Å²) in [6.07, 6.45) is 4.75. The van der Waals surface area contributed by atoms with Crippen LogP contribution in [0.15, 0.2) is 4.99 Å². The minimum absolute atomic E-state index is 0.0570. The Morgan fingerprint density at radius 1 is 0.865 bits per heavy atom. The van der Waals surface area contributed by atoms with Gasteiger partial charge >= 0.3 is 5.97 Å². The molecule has 0 aromatic rings. The molecule has 0 heterocycles. The fraction of sp³-hybridized carbons (Fsp3) is 0.783. The molecule has 13 nitrogen and oxygen atoms in total. The lowest BCUT2D eigenvalue weighted by molar-refractivity contribution is -0.142. The van der Waals surface area contributed by atoms with Crippen molar-refractivity contribution in [2.45, 2.75) is 83.0 Å². The molecule has 0 rings (SSSR count). The Labute approximate surface area is 223 Å². The zero-order chi connectivity index (χ0) is 28.4. The molecule has 37 heavy (non-hydrogen) atoms. The Kier molecular flexibility index (Phi) is 18.2. The molecule has 3 amide bonds. The average molecular weight is 547 g/mol. The highest BCUT2D eigenvalue weighted by Gasteiger charge is 2.30. The highest BCUT2D eigenvalue weighted by atomic mass is 32.2. The van der Waals surface area contributed by atoms with Crippen molar-refractivity contribution in [1.29, 1.82) is 0 Å². The van der Waals surface area contributed by atoms with Gasteiger partial charge in [-0.3, -0.25) is 19.4 Å². The van der Waals surface area contributed by atoms with E-state index in [0.717, 1.165) is 6.42 Å². The largest absolute Gasteiger partial charge is 0.480 e. The molecule has 14 heteroatoms. The molecule has 0 aromatic heterocycles. The second-order valence-electron chi connectivity index (χ2n) is 9.27. The molecule has 214 valence electrons. The van der Waals surface area contributed by atoms with Crippen LogP contribution >= 0.6 is 11.8 Å². The number of nitrogens with zero attached hydrogens (tertiary/aromatic N) is 1. The van der Waals surface area contributed by atoms with E-state index in [9.17, 15) is 24.3 Å². The molecule has 0 saturated heterocycles. The molecule has 4 unspecified atom stereocenters. The van der Waals surface area contributed by atoms with Gasteiger partial charge < -0.3 is 44.0 Å². The van der Waals surface area contributed by atoms with Crippen LogP contribution in [-0.2, 0) is 19.2 Å². The Bertz CT molecular complexity index is 749. The Balaban J connectivity index is 5.54. The highest BCUT2D eigenvalue weighted by Crippen LogP contribution is 2.09. The van der Waals surface area contributed by atoms with Gasteiger partial charge in [-0.25, -0.2) is 4.79 Å². The second-order valence-corrected chi connectivity index (χ2v) is 10.3. The van der Waals surface area contributed by atoms with E-state index in [1.54, 1.807) is 0 Å². The van der Waals surface area contributed by atoms with E-state index in [0.29, 0.717) is 38.0 Å². The molecule has 4 atom stereocenters. The van der Waals surface area contributed by atoms with E-state index in [4.69, 9.17) is 22.9 Å². The van der Waals surface area contributed by atoms with E-state index in [1.165, 1.54) is 11.8 Å². The smallest absolute Gasteiger partial charge is 0.326 e. The first-order valence-corrected chi connectivity index (χ1v) is 14.0. The summed E-state index contributed by atoms with van der Waals surface area (Å²) in [6, 6.07) is -3.87. The number of carbonyl (C=O) groups excluding carboxylic acids is 3. The number of rotatable bonds is 20. The summed E-state index contributed by atoms with van der Waals surface area (Å²) >= 11 is 1.46. The number of aliphatic imine (C=N–C) groups is 1. The summed E-state index contributed by atoms with van der Waals surface area (Å²) in [7, 11) is 0. The van der Waals surface area contributed by atoms with Crippen LogP contribution in [0, 0.1) is 5.92 Å². The third-order valence-corrected chi connectivity index (χ3v) is 6.09. The van der Waals surface area contributed by atoms with Gasteiger partial charge in [-0.05, 0) is 63.0 Å². The van der Waals surface area contributed by atoms with Crippen molar-refractivity contribution in [3.8, 4) is 0 Å². The fourth-order valence-corrected chi connectivity index (χ4v) is 3.90. The van der Waals surface area contributed by atoms with Crippen molar-refractivity contribution in [2.75, 3.05) is 25.1 Å². The van der Waals surface area contributed by atoms with Gasteiger partial charge in [0.2, 0.25) is 17.7 Å². The predicted octanol–water partition coefficient (Wildman–Crippen LogP) is -1.17. The normalized spacial score (nSPS) is 14.2. The summed E-state index contributed by atoms with van der Waals surface area (Å²) in [5.74, 6) is -2.34. The molecule has 0 bridgehead atoms. The number of aliphatic carboxylic acids is 1. The van der Waals surface area contributed by atoms with Gasteiger partial charge in [0.1, 0.15) is 18.1 Å². The lowest BCUT2D eigenvalue weighted by atomic mass is 10.0. The molecular weight excluding hydrogens is 500 g/mol. The quantitative estimate of drug-likeness (QED) is 0.0517. The van der Waals surface area contributed by atoms with Crippen molar-refractivity contribution >= 4 is 41.4 Å². The van der Waals surface area contributed by atoms with Crippen LogP contribution in [0.25, 0.3) is 0 Å². The minimum Gasteiger partial charge on any atom is -0.480 e. The third kappa shape index (κ3) is 16.0. The molecular formula is C23H46N8O5S. The first-order valence-electron chi connectivity index (χ1n) is 12.6. The van der Waals surface area contributed by atoms with Crippen molar-refractivity contribution in [1.82, 2.24) is 16.0 Å². The zero-order valence-corrected chi connectivity index (χ0v) is 23.0. The molecule has 0 aliphatic carbocycles. The van der Waals surface area contributed by atoms with E-state index in [1.807, 2.05) is 20.1 Å². The summed E-state index contributed by atoms with van der Waals surface area (Å²) in [5.41, 5.74) is 22.2. The van der Waals surface area contributed by atoms with Crippen LogP contribution < -0.4 is 38.9 Å². The molecule has 0 saturated carbocycles. The maximum Gasteiger partial charge on any atom is 0.326 e. The molecule has 0 aliphatic heterocycles. The Morgan fingerprint density at radius 2 is 1.46 bits per heavy atom. The fourth-order valence-electron chi connectivity index (χ4n) is 3.43. The predicted molar refractivity (Wildman–Crippen MR) is 147 cm³/mol. The molecule has 0 fully saturated rings. The molecule has 12 N–H and O–H groups in total. The van der Waals surface area contributed by atoms with E-state index in [-0.39, 0.29) is 31.3 Å². The van der Waals surface area contributed by atoms with E-state index in [2.05, 4.69) is 20.9 Å². The molecule has 0 aromatic carbocycles. The molecule has 0 spiro atoms. The average Bonchev–Trinajstić information content (AvgIpc) is 2.82. The topological polar surface area (TPSA) is 241 Å². The second kappa shape index (κ2) is 19.5. The van der Waals surface area contributed by atoms with Crippen molar-refractivity contribution in [3.63, 3.8) is 0 Å². The summed E-state index contributed by atoms with van der Waals surface area (Å²) in [6.45, 7) is 4.52. The number of hydrogen-bond acceptors (Lipinski definition) is 8. The number of carboxylic acid groups (broad SMARTS) is 1. The van der Waals surface area contributed by atoms with E-state index >= 15 is 0 Å². The summed E-state index contributed by atoms with van der Waals surface area (Å²) in [5, 5.41) is 17.4. The van der Waals surface area contributed by atoms with Gasteiger partial charge in [-0.15, -0.1) is 0 Å². The number of amides is 3. The summed E-state index contributed by atoms with van der Waals surface area (Å²) < 4.78 is 0. The number of unbranched alkanes of at least 4 members (excludes halogenated alkanes) is 1. The number of nitrogens with two attached hydrogens (primary N) is 4. The standard InChI is InChI=1S/C23H46N8O5S/c1-14(2)13-18(31-19(32)15(25)7-4-5-10-24)21(34)29-16(8-6-11-28-23(26)27)20(33)30-17(22(35)36)9-12-37-3/h14-18H,4-13,24-25H2,1-3H3,(H,29,34)(H,30,33)(H,31,32)(H,35,36)(H4,26,27,28). The number of guanidine groups is 1. The maximum atomic E-state index is 13.2. The number of carbonyl (C=O) groups is 4. The molecule has 0 radical (unpaired) electrons. The van der Waals surface area contributed by atoms with Crippen LogP contribution in [-0.4, -0.2) is 84.0 Å². The Hall–Kier alpha value is -2.58. The lowest BCUT2D eigenvalue weighted by Crippen LogP contribution is -2.57. The van der Waals surface area contributed by atoms with Gasteiger partial charge in [-0.2, -0.15) is 11.8 Å². The number of thioether (sulfide) groups is 1. The van der Waals surface area contributed by atoms with Crippen LogP contribution in [0.1, 0.15) is 58.8 Å².